The Kier molecular flexibility index (Phi) is 7.16. The summed E-state index contributed by atoms with van der Waals surface area (Å²) in [6.07, 6.45) is 0. The second kappa shape index (κ2) is 8.64. The standard InChI is InChI=1S/C15H21FN2O2/c1-12(11-20-3)18(7-8-19-2)10-14-6-4-5-13(9-17)15(14)16/h4-6,12H,7-8,10-11H2,1-3H3. The molecule has 0 saturated heterocycles. The molecular formula is C15H21FN2O2. The third kappa shape index (κ3) is 4.57. The van der Waals surface area contributed by atoms with Crippen LogP contribution < -0.4 is 0 Å². The van der Waals surface area contributed by atoms with Crippen molar-refractivity contribution in [3.05, 3.63) is 35.1 Å². The van der Waals surface area contributed by atoms with Crippen molar-refractivity contribution in [2.45, 2.75) is 19.5 Å². The molecule has 0 fully saturated rings. The molecule has 0 aliphatic heterocycles. The van der Waals surface area contributed by atoms with E-state index in [0.717, 1.165) is 0 Å². The molecule has 0 aromatic heterocycles. The molecule has 0 aliphatic carbocycles. The van der Waals surface area contributed by atoms with Gasteiger partial charge in [0.2, 0.25) is 0 Å². The van der Waals surface area contributed by atoms with E-state index in [1.165, 1.54) is 6.07 Å². The van der Waals surface area contributed by atoms with Crippen LogP contribution in [0.3, 0.4) is 0 Å². The quantitative estimate of drug-likeness (QED) is 0.732. The van der Waals surface area contributed by atoms with Crippen molar-refractivity contribution in [2.24, 2.45) is 0 Å². The van der Waals surface area contributed by atoms with Crippen LogP contribution in [0.2, 0.25) is 0 Å². The first-order valence-corrected chi connectivity index (χ1v) is 6.53. The molecule has 1 unspecified atom stereocenters. The SMILES string of the molecule is COCCN(Cc1cccc(C#N)c1F)C(C)COC. The van der Waals surface area contributed by atoms with Crippen LogP contribution in [0.5, 0.6) is 0 Å². The van der Waals surface area contributed by atoms with Crippen LogP contribution in [0.1, 0.15) is 18.1 Å². The molecule has 0 radical (unpaired) electrons. The van der Waals surface area contributed by atoms with E-state index in [0.29, 0.717) is 31.9 Å². The van der Waals surface area contributed by atoms with E-state index in [4.69, 9.17) is 14.7 Å². The minimum Gasteiger partial charge on any atom is -0.383 e. The van der Waals surface area contributed by atoms with Gasteiger partial charge in [-0.15, -0.1) is 0 Å². The lowest BCUT2D eigenvalue weighted by molar-refractivity contribution is 0.0698. The normalized spacial score (nSPS) is 12.4. The van der Waals surface area contributed by atoms with Crippen LogP contribution in [0.15, 0.2) is 18.2 Å². The minimum atomic E-state index is -0.443. The summed E-state index contributed by atoms with van der Waals surface area (Å²) in [6, 6.07) is 6.89. The lowest BCUT2D eigenvalue weighted by Gasteiger charge is -2.28. The number of rotatable bonds is 8. The maximum atomic E-state index is 14.1. The second-order valence-electron chi connectivity index (χ2n) is 4.66. The van der Waals surface area contributed by atoms with Crippen molar-refractivity contribution >= 4 is 0 Å². The van der Waals surface area contributed by atoms with Crippen LogP contribution >= 0.6 is 0 Å². The Bertz CT molecular complexity index is 460. The average Bonchev–Trinajstić information content (AvgIpc) is 2.45. The number of hydrogen-bond donors (Lipinski definition) is 0. The van der Waals surface area contributed by atoms with Crippen molar-refractivity contribution in [3.63, 3.8) is 0 Å². The first kappa shape index (κ1) is 16.6. The van der Waals surface area contributed by atoms with Gasteiger partial charge in [-0.25, -0.2) is 4.39 Å². The van der Waals surface area contributed by atoms with Crippen LogP contribution in [-0.2, 0) is 16.0 Å². The highest BCUT2D eigenvalue weighted by Crippen LogP contribution is 2.16. The molecule has 0 bridgehead atoms. The van der Waals surface area contributed by atoms with Gasteiger partial charge < -0.3 is 9.47 Å². The highest BCUT2D eigenvalue weighted by Gasteiger charge is 2.17. The predicted octanol–water partition coefficient (Wildman–Crippen LogP) is 2.18. The third-order valence-electron chi connectivity index (χ3n) is 3.19. The molecule has 0 N–H and O–H groups in total. The van der Waals surface area contributed by atoms with Gasteiger partial charge in [0, 0.05) is 38.9 Å². The monoisotopic (exact) mass is 280 g/mol. The van der Waals surface area contributed by atoms with Gasteiger partial charge in [-0.3, -0.25) is 4.90 Å². The van der Waals surface area contributed by atoms with Crippen molar-refractivity contribution in [1.29, 1.82) is 5.26 Å². The summed E-state index contributed by atoms with van der Waals surface area (Å²) in [5.41, 5.74) is 0.594. The lowest BCUT2D eigenvalue weighted by Crippen LogP contribution is -2.38. The number of ether oxygens (including phenoxy) is 2. The summed E-state index contributed by atoms with van der Waals surface area (Å²) >= 11 is 0. The van der Waals surface area contributed by atoms with E-state index in [9.17, 15) is 4.39 Å². The van der Waals surface area contributed by atoms with Gasteiger partial charge >= 0.3 is 0 Å². The highest BCUT2D eigenvalue weighted by molar-refractivity contribution is 5.34. The Morgan fingerprint density at radius 2 is 2.10 bits per heavy atom. The van der Waals surface area contributed by atoms with E-state index >= 15 is 0 Å². The van der Waals surface area contributed by atoms with Crippen molar-refractivity contribution < 1.29 is 13.9 Å². The number of benzene rings is 1. The van der Waals surface area contributed by atoms with E-state index < -0.39 is 5.82 Å². The zero-order valence-electron chi connectivity index (χ0n) is 12.2. The van der Waals surface area contributed by atoms with Gasteiger partial charge in [-0.1, -0.05) is 12.1 Å². The molecule has 1 rings (SSSR count). The Balaban J connectivity index is 2.86. The number of nitriles is 1. The Morgan fingerprint density at radius 3 is 2.70 bits per heavy atom. The largest absolute Gasteiger partial charge is 0.383 e. The number of hydrogen-bond acceptors (Lipinski definition) is 4. The predicted molar refractivity (Wildman–Crippen MR) is 74.7 cm³/mol. The number of methoxy groups -OCH3 is 2. The molecule has 0 saturated carbocycles. The first-order valence-electron chi connectivity index (χ1n) is 6.53. The van der Waals surface area contributed by atoms with Crippen molar-refractivity contribution in [1.82, 2.24) is 4.90 Å². The maximum absolute atomic E-state index is 14.1. The molecular weight excluding hydrogens is 259 g/mol. The molecule has 0 aliphatic rings. The molecule has 1 aromatic rings. The van der Waals surface area contributed by atoms with Gasteiger partial charge in [0.25, 0.3) is 0 Å². The van der Waals surface area contributed by atoms with Gasteiger partial charge in [-0.2, -0.15) is 5.26 Å². The van der Waals surface area contributed by atoms with Crippen molar-refractivity contribution in [3.8, 4) is 6.07 Å². The summed E-state index contributed by atoms with van der Waals surface area (Å²) in [5, 5.41) is 8.87. The molecule has 0 heterocycles. The molecule has 0 spiro atoms. The number of halogens is 1. The molecule has 1 aromatic carbocycles. The summed E-state index contributed by atoms with van der Waals surface area (Å²) < 4.78 is 24.3. The van der Waals surface area contributed by atoms with Crippen LogP contribution in [0.4, 0.5) is 4.39 Å². The average molecular weight is 280 g/mol. The molecule has 0 amide bonds. The van der Waals surface area contributed by atoms with Crippen LogP contribution in [0.25, 0.3) is 0 Å². The summed E-state index contributed by atoms with van der Waals surface area (Å²) in [6.45, 7) is 4.24. The molecule has 1 atom stereocenters. The summed E-state index contributed by atoms with van der Waals surface area (Å²) in [4.78, 5) is 2.08. The molecule has 5 heteroatoms. The van der Waals surface area contributed by atoms with E-state index in [1.807, 2.05) is 13.0 Å². The van der Waals surface area contributed by atoms with E-state index in [-0.39, 0.29) is 11.6 Å². The van der Waals surface area contributed by atoms with Gasteiger partial charge in [0.05, 0.1) is 18.8 Å². The van der Waals surface area contributed by atoms with Gasteiger partial charge in [-0.05, 0) is 13.0 Å². The summed E-state index contributed by atoms with van der Waals surface area (Å²) in [7, 11) is 3.28. The zero-order valence-corrected chi connectivity index (χ0v) is 12.2. The molecule has 20 heavy (non-hydrogen) atoms. The Morgan fingerprint density at radius 1 is 1.35 bits per heavy atom. The zero-order chi connectivity index (χ0) is 15.0. The fraction of sp³-hybridized carbons (Fsp3) is 0.533. The topological polar surface area (TPSA) is 45.5 Å². The molecule has 110 valence electrons. The number of nitrogens with zero attached hydrogens (tertiary/aromatic N) is 2. The Labute approximate surface area is 119 Å². The smallest absolute Gasteiger partial charge is 0.145 e. The summed E-state index contributed by atoms with van der Waals surface area (Å²) in [5.74, 6) is -0.443. The van der Waals surface area contributed by atoms with Gasteiger partial charge in [0.1, 0.15) is 11.9 Å². The van der Waals surface area contributed by atoms with Gasteiger partial charge in [0.15, 0.2) is 0 Å². The fourth-order valence-electron chi connectivity index (χ4n) is 2.02. The van der Waals surface area contributed by atoms with Crippen molar-refractivity contribution in [2.75, 3.05) is 34.0 Å². The lowest BCUT2D eigenvalue weighted by atomic mass is 10.1. The third-order valence-corrected chi connectivity index (χ3v) is 3.19. The van der Waals surface area contributed by atoms with E-state index in [2.05, 4.69) is 4.90 Å². The van der Waals surface area contributed by atoms with E-state index in [1.54, 1.807) is 26.4 Å². The molecule has 4 nitrogen and oxygen atoms in total. The maximum Gasteiger partial charge on any atom is 0.145 e. The highest BCUT2D eigenvalue weighted by atomic mass is 19.1. The minimum absolute atomic E-state index is 0.0774. The first-order chi connectivity index (χ1) is 9.63. The van der Waals surface area contributed by atoms with Crippen LogP contribution in [-0.4, -0.2) is 44.9 Å². The van der Waals surface area contributed by atoms with Crippen LogP contribution in [0, 0.1) is 17.1 Å². The Hall–Kier alpha value is -1.48. The second-order valence-corrected chi connectivity index (χ2v) is 4.66. The fourth-order valence-corrected chi connectivity index (χ4v) is 2.02.